The van der Waals surface area contributed by atoms with Crippen LogP contribution >= 0.6 is 0 Å². The van der Waals surface area contributed by atoms with E-state index in [0.29, 0.717) is 17.9 Å². The molecule has 2 rings (SSSR count). The molecule has 2 aromatic rings. The zero-order chi connectivity index (χ0) is 15.2. The summed E-state index contributed by atoms with van der Waals surface area (Å²) in [5, 5.41) is 11.9. The maximum absolute atomic E-state index is 11.6. The van der Waals surface area contributed by atoms with E-state index in [4.69, 9.17) is 11.0 Å². The molecule has 0 aliphatic heterocycles. The van der Waals surface area contributed by atoms with Gasteiger partial charge >= 0.3 is 5.97 Å². The van der Waals surface area contributed by atoms with E-state index in [-0.39, 0.29) is 11.3 Å². The Morgan fingerprint density at radius 1 is 1.48 bits per heavy atom. The summed E-state index contributed by atoms with van der Waals surface area (Å²) in [5.74, 6) is -0.00334. The summed E-state index contributed by atoms with van der Waals surface area (Å²) in [7, 11) is 1.29. The quantitative estimate of drug-likeness (QED) is 0.831. The second-order valence-electron chi connectivity index (χ2n) is 4.31. The van der Waals surface area contributed by atoms with Crippen molar-refractivity contribution in [2.75, 3.05) is 18.2 Å². The molecule has 0 amide bonds. The molecule has 0 radical (unpaired) electrons. The number of nitrogens with one attached hydrogen (secondary N) is 1. The van der Waals surface area contributed by atoms with Crippen molar-refractivity contribution in [2.24, 2.45) is 0 Å². The minimum atomic E-state index is -0.510. The zero-order valence-corrected chi connectivity index (χ0v) is 11.5. The summed E-state index contributed by atoms with van der Waals surface area (Å²) >= 11 is 0. The van der Waals surface area contributed by atoms with Crippen molar-refractivity contribution in [3.63, 3.8) is 0 Å². The van der Waals surface area contributed by atoms with Gasteiger partial charge in [0, 0.05) is 6.54 Å². The largest absolute Gasteiger partial charge is 0.465 e. The Hall–Kier alpha value is -3.07. The van der Waals surface area contributed by atoms with E-state index in [1.165, 1.54) is 19.4 Å². The van der Waals surface area contributed by atoms with Gasteiger partial charge in [0.15, 0.2) is 0 Å². The van der Waals surface area contributed by atoms with Crippen LogP contribution in [0.1, 0.15) is 21.5 Å². The summed E-state index contributed by atoms with van der Waals surface area (Å²) in [6.07, 6.45) is 1.40. The third kappa shape index (κ3) is 3.48. The van der Waals surface area contributed by atoms with Crippen LogP contribution in [0.4, 0.5) is 11.5 Å². The number of anilines is 2. The molecule has 6 nitrogen and oxygen atoms in total. The summed E-state index contributed by atoms with van der Waals surface area (Å²) in [5.41, 5.74) is 7.74. The second kappa shape index (κ2) is 6.39. The lowest BCUT2D eigenvalue weighted by atomic mass is 10.1. The Morgan fingerprint density at radius 3 is 3.00 bits per heavy atom. The predicted molar refractivity (Wildman–Crippen MR) is 78.5 cm³/mol. The number of benzene rings is 1. The first-order valence-corrected chi connectivity index (χ1v) is 6.21. The highest BCUT2D eigenvalue weighted by Gasteiger charge is 2.11. The van der Waals surface area contributed by atoms with Crippen LogP contribution in [-0.4, -0.2) is 18.1 Å². The van der Waals surface area contributed by atoms with Gasteiger partial charge < -0.3 is 15.8 Å². The van der Waals surface area contributed by atoms with Crippen LogP contribution in [-0.2, 0) is 11.3 Å². The van der Waals surface area contributed by atoms with Crippen molar-refractivity contribution in [1.29, 1.82) is 5.26 Å². The first kappa shape index (κ1) is 14.3. The molecule has 3 N–H and O–H groups in total. The molecule has 0 unspecified atom stereocenters. The molecular weight excluding hydrogens is 268 g/mol. The molecule has 0 saturated heterocycles. The molecule has 0 aliphatic carbocycles. The number of hydrogen-bond acceptors (Lipinski definition) is 6. The zero-order valence-electron chi connectivity index (χ0n) is 11.5. The highest BCUT2D eigenvalue weighted by atomic mass is 16.5. The van der Waals surface area contributed by atoms with Gasteiger partial charge in [0.1, 0.15) is 5.82 Å². The Bertz CT molecular complexity index is 707. The summed E-state index contributed by atoms with van der Waals surface area (Å²) in [4.78, 5) is 15.7. The third-order valence-electron chi connectivity index (χ3n) is 2.87. The van der Waals surface area contributed by atoms with Gasteiger partial charge in [-0.3, -0.25) is 0 Å². The number of ether oxygens (including phenoxy) is 1. The topological polar surface area (TPSA) is 101 Å². The summed E-state index contributed by atoms with van der Waals surface area (Å²) in [6.45, 7) is 0.479. The lowest BCUT2D eigenvalue weighted by molar-refractivity contribution is 0.0602. The second-order valence-corrected chi connectivity index (χ2v) is 4.31. The van der Waals surface area contributed by atoms with E-state index < -0.39 is 5.97 Å². The average Bonchev–Trinajstić information content (AvgIpc) is 2.53. The van der Waals surface area contributed by atoms with Gasteiger partial charge in [0.05, 0.1) is 36.2 Å². The maximum Gasteiger partial charge on any atom is 0.340 e. The molecule has 0 atom stereocenters. The minimum Gasteiger partial charge on any atom is -0.465 e. The van der Waals surface area contributed by atoms with Crippen LogP contribution in [0.5, 0.6) is 0 Å². The first-order chi connectivity index (χ1) is 10.1. The van der Waals surface area contributed by atoms with Crippen LogP contribution in [0, 0.1) is 11.3 Å². The number of pyridine rings is 1. The molecule has 0 saturated carbocycles. The van der Waals surface area contributed by atoms with Crippen LogP contribution < -0.4 is 11.1 Å². The highest BCUT2D eigenvalue weighted by Crippen LogP contribution is 2.16. The SMILES string of the molecule is COC(=O)c1cc(NCc2cccc(C#N)c2)ncc1N. The summed E-state index contributed by atoms with van der Waals surface area (Å²) < 4.78 is 4.65. The van der Waals surface area contributed by atoms with Gasteiger partial charge in [-0.15, -0.1) is 0 Å². The van der Waals surface area contributed by atoms with Gasteiger partial charge in [0.25, 0.3) is 0 Å². The Morgan fingerprint density at radius 2 is 2.29 bits per heavy atom. The van der Waals surface area contributed by atoms with Crippen molar-refractivity contribution < 1.29 is 9.53 Å². The monoisotopic (exact) mass is 282 g/mol. The summed E-state index contributed by atoms with van der Waals surface area (Å²) in [6, 6.07) is 10.8. The van der Waals surface area contributed by atoms with Crippen molar-refractivity contribution >= 4 is 17.5 Å². The molecular formula is C15H14N4O2. The molecule has 0 aliphatic rings. The van der Waals surface area contributed by atoms with Gasteiger partial charge in [-0.2, -0.15) is 5.26 Å². The first-order valence-electron chi connectivity index (χ1n) is 6.21. The number of hydrogen-bond donors (Lipinski definition) is 2. The molecule has 21 heavy (non-hydrogen) atoms. The molecule has 1 aromatic carbocycles. The lowest BCUT2D eigenvalue weighted by Gasteiger charge is -2.09. The number of methoxy groups -OCH3 is 1. The van der Waals surface area contributed by atoms with Crippen LogP contribution in [0.15, 0.2) is 36.5 Å². The fourth-order valence-corrected chi connectivity index (χ4v) is 1.79. The predicted octanol–water partition coefficient (Wildman–Crippen LogP) is 1.93. The lowest BCUT2D eigenvalue weighted by Crippen LogP contribution is -2.09. The fourth-order valence-electron chi connectivity index (χ4n) is 1.79. The van der Waals surface area contributed by atoms with Crippen LogP contribution in [0.3, 0.4) is 0 Å². The molecule has 6 heteroatoms. The highest BCUT2D eigenvalue weighted by molar-refractivity contribution is 5.95. The number of carbonyl (C=O) groups is 1. The fraction of sp³-hybridized carbons (Fsp3) is 0.133. The Balaban J connectivity index is 2.13. The molecule has 1 heterocycles. The molecule has 0 spiro atoms. The van der Waals surface area contributed by atoms with E-state index in [1.54, 1.807) is 12.1 Å². The number of carbonyl (C=O) groups excluding carboxylic acids is 1. The van der Waals surface area contributed by atoms with E-state index >= 15 is 0 Å². The molecule has 0 bridgehead atoms. The van der Waals surface area contributed by atoms with Crippen molar-refractivity contribution in [3.8, 4) is 6.07 Å². The van der Waals surface area contributed by atoms with Crippen molar-refractivity contribution in [2.45, 2.75) is 6.54 Å². The van der Waals surface area contributed by atoms with Gasteiger partial charge in [0.2, 0.25) is 0 Å². The van der Waals surface area contributed by atoms with Crippen molar-refractivity contribution in [3.05, 3.63) is 53.2 Å². The maximum atomic E-state index is 11.6. The number of nitrogens with zero attached hydrogens (tertiary/aromatic N) is 2. The van der Waals surface area contributed by atoms with E-state index in [1.807, 2.05) is 12.1 Å². The number of aromatic nitrogens is 1. The van der Waals surface area contributed by atoms with Gasteiger partial charge in [-0.05, 0) is 23.8 Å². The number of esters is 1. The Kier molecular flexibility index (Phi) is 4.36. The van der Waals surface area contributed by atoms with Crippen molar-refractivity contribution in [1.82, 2.24) is 4.98 Å². The van der Waals surface area contributed by atoms with Crippen LogP contribution in [0.2, 0.25) is 0 Å². The number of nitrogens with two attached hydrogens (primary N) is 1. The number of nitriles is 1. The van der Waals surface area contributed by atoms with E-state index in [9.17, 15) is 4.79 Å². The number of nitrogen functional groups attached to an aromatic ring is 1. The van der Waals surface area contributed by atoms with Gasteiger partial charge in [-0.25, -0.2) is 9.78 Å². The average molecular weight is 282 g/mol. The molecule has 0 fully saturated rings. The van der Waals surface area contributed by atoms with E-state index in [0.717, 1.165) is 5.56 Å². The third-order valence-corrected chi connectivity index (χ3v) is 2.87. The normalized spacial score (nSPS) is 9.71. The molecule has 1 aromatic heterocycles. The van der Waals surface area contributed by atoms with Gasteiger partial charge in [-0.1, -0.05) is 12.1 Å². The molecule has 106 valence electrons. The van der Waals surface area contributed by atoms with E-state index in [2.05, 4.69) is 21.1 Å². The minimum absolute atomic E-state index is 0.263. The standard InChI is InChI=1S/C15H14N4O2/c1-21-15(20)12-6-14(19-9-13(12)17)18-8-11-4-2-3-10(5-11)7-16/h2-6,9H,8,17H2,1H3,(H,18,19). The number of rotatable bonds is 4. The Labute approximate surface area is 122 Å². The smallest absolute Gasteiger partial charge is 0.340 e. The van der Waals surface area contributed by atoms with Crippen LogP contribution in [0.25, 0.3) is 0 Å².